The lowest BCUT2D eigenvalue weighted by atomic mass is 9.81. The molecular weight excluding hydrogens is 156 g/mol. The largest absolute Gasteiger partial charge is 0.481 e. The van der Waals surface area contributed by atoms with Crippen LogP contribution < -0.4 is 0 Å². The quantitative estimate of drug-likeness (QED) is 0.681. The van der Waals surface area contributed by atoms with Gasteiger partial charge in [-0.2, -0.15) is 0 Å². The van der Waals surface area contributed by atoms with Crippen LogP contribution in [0.3, 0.4) is 0 Å². The minimum Gasteiger partial charge on any atom is -0.481 e. The molecule has 0 saturated carbocycles. The SMILES string of the molecule is CC(CC(=O)O)C(O)C(C)(C)C. The third-order valence-corrected chi connectivity index (χ3v) is 1.92. The Morgan fingerprint density at radius 1 is 1.42 bits per heavy atom. The highest BCUT2D eigenvalue weighted by Crippen LogP contribution is 2.26. The molecule has 3 heteroatoms. The Hall–Kier alpha value is -0.570. The molecule has 0 radical (unpaired) electrons. The molecule has 0 aromatic rings. The predicted molar refractivity (Wildman–Crippen MR) is 46.9 cm³/mol. The Labute approximate surface area is 73.4 Å². The highest BCUT2D eigenvalue weighted by Gasteiger charge is 2.28. The predicted octanol–water partition coefficient (Wildman–Crippen LogP) is 1.50. The van der Waals surface area contributed by atoms with Crippen LogP contribution in [-0.2, 0) is 4.79 Å². The van der Waals surface area contributed by atoms with Gasteiger partial charge >= 0.3 is 5.97 Å². The van der Waals surface area contributed by atoms with Gasteiger partial charge in [-0.3, -0.25) is 4.79 Å². The first-order valence-corrected chi connectivity index (χ1v) is 4.15. The van der Waals surface area contributed by atoms with Crippen molar-refractivity contribution >= 4 is 5.97 Å². The third-order valence-electron chi connectivity index (χ3n) is 1.92. The molecule has 72 valence electrons. The average molecular weight is 174 g/mol. The van der Waals surface area contributed by atoms with Crippen molar-refractivity contribution in [3.05, 3.63) is 0 Å². The second kappa shape index (κ2) is 3.90. The van der Waals surface area contributed by atoms with Crippen LogP contribution in [0.5, 0.6) is 0 Å². The van der Waals surface area contributed by atoms with E-state index in [2.05, 4.69) is 0 Å². The zero-order valence-corrected chi connectivity index (χ0v) is 8.16. The number of carboxylic acids is 1. The van der Waals surface area contributed by atoms with Crippen LogP contribution in [0.15, 0.2) is 0 Å². The smallest absolute Gasteiger partial charge is 0.303 e. The van der Waals surface area contributed by atoms with Crippen LogP contribution >= 0.6 is 0 Å². The summed E-state index contributed by atoms with van der Waals surface area (Å²) < 4.78 is 0. The van der Waals surface area contributed by atoms with Gasteiger partial charge in [0, 0.05) is 0 Å². The maximum Gasteiger partial charge on any atom is 0.303 e. The van der Waals surface area contributed by atoms with Gasteiger partial charge in [0.05, 0.1) is 12.5 Å². The van der Waals surface area contributed by atoms with Crippen LogP contribution in [0.2, 0.25) is 0 Å². The first kappa shape index (κ1) is 11.4. The van der Waals surface area contributed by atoms with Crippen molar-refractivity contribution in [2.45, 2.75) is 40.2 Å². The number of aliphatic hydroxyl groups excluding tert-OH is 1. The topological polar surface area (TPSA) is 57.5 Å². The van der Waals surface area contributed by atoms with E-state index in [0.717, 1.165) is 0 Å². The molecule has 0 aromatic heterocycles. The normalized spacial score (nSPS) is 17.1. The second-order valence-electron chi connectivity index (χ2n) is 4.39. The van der Waals surface area contributed by atoms with Crippen molar-refractivity contribution in [2.75, 3.05) is 0 Å². The van der Waals surface area contributed by atoms with Crippen LogP contribution in [0.25, 0.3) is 0 Å². The molecule has 2 N–H and O–H groups in total. The molecule has 3 nitrogen and oxygen atoms in total. The van der Waals surface area contributed by atoms with E-state index in [9.17, 15) is 9.90 Å². The van der Waals surface area contributed by atoms with E-state index in [1.165, 1.54) is 0 Å². The lowest BCUT2D eigenvalue weighted by Crippen LogP contribution is -2.33. The summed E-state index contributed by atoms with van der Waals surface area (Å²) in [5, 5.41) is 18.1. The van der Waals surface area contributed by atoms with Crippen LogP contribution in [0.4, 0.5) is 0 Å². The van der Waals surface area contributed by atoms with Crippen molar-refractivity contribution in [2.24, 2.45) is 11.3 Å². The van der Waals surface area contributed by atoms with E-state index in [-0.39, 0.29) is 17.8 Å². The van der Waals surface area contributed by atoms with Crippen LogP contribution in [0, 0.1) is 11.3 Å². The fourth-order valence-corrected chi connectivity index (χ4v) is 1.24. The molecule has 0 amide bonds. The van der Waals surface area contributed by atoms with Gasteiger partial charge in [0.15, 0.2) is 0 Å². The minimum absolute atomic E-state index is 0.0262. The molecular formula is C9H18O3. The highest BCUT2D eigenvalue weighted by atomic mass is 16.4. The summed E-state index contributed by atoms with van der Waals surface area (Å²) in [7, 11) is 0. The summed E-state index contributed by atoms with van der Waals surface area (Å²) in [5.41, 5.74) is -0.241. The number of hydrogen-bond donors (Lipinski definition) is 2. The first-order chi connectivity index (χ1) is 5.25. The molecule has 0 aliphatic carbocycles. The molecule has 0 aliphatic rings. The maximum absolute atomic E-state index is 10.3. The van der Waals surface area contributed by atoms with Crippen molar-refractivity contribution in [3.63, 3.8) is 0 Å². The Balaban J connectivity index is 4.10. The van der Waals surface area contributed by atoms with Gasteiger partial charge in [-0.1, -0.05) is 27.7 Å². The molecule has 0 aliphatic heterocycles. The van der Waals surface area contributed by atoms with Gasteiger partial charge in [0.25, 0.3) is 0 Å². The fraction of sp³-hybridized carbons (Fsp3) is 0.889. The van der Waals surface area contributed by atoms with Crippen LogP contribution in [0.1, 0.15) is 34.1 Å². The lowest BCUT2D eigenvalue weighted by molar-refractivity contribution is -0.139. The Morgan fingerprint density at radius 2 is 1.83 bits per heavy atom. The summed E-state index contributed by atoms with van der Waals surface area (Å²) in [6, 6.07) is 0. The zero-order valence-electron chi connectivity index (χ0n) is 8.16. The third kappa shape index (κ3) is 3.72. The second-order valence-corrected chi connectivity index (χ2v) is 4.39. The van der Waals surface area contributed by atoms with Crippen molar-refractivity contribution in [3.8, 4) is 0 Å². The summed E-state index contributed by atoms with van der Waals surface area (Å²) in [4.78, 5) is 10.3. The minimum atomic E-state index is -0.856. The maximum atomic E-state index is 10.3. The van der Waals surface area contributed by atoms with Gasteiger partial charge in [-0.25, -0.2) is 0 Å². The fourth-order valence-electron chi connectivity index (χ4n) is 1.24. The Bertz CT molecular complexity index is 158. The number of rotatable bonds is 3. The highest BCUT2D eigenvalue weighted by molar-refractivity contribution is 5.67. The van der Waals surface area contributed by atoms with Gasteiger partial charge in [-0.05, 0) is 11.3 Å². The van der Waals surface area contributed by atoms with Gasteiger partial charge in [0.1, 0.15) is 0 Å². The van der Waals surface area contributed by atoms with Gasteiger partial charge in [0.2, 0.25) is 0 Å². The molecule has 0 fully saturated rings. The molecule has 0 rings (SSSR count). The van der Waals surface area contributed by atoms with E-state index in [4.69, 9.17) is 5.11 Å². The van der Waals surface area contributed by atoms with E-state index in [0.29, 0.717) is 0 Å². The lowest BCUT2D eigenvalue weighted by Gasteiger charge is -2.30. The molecule has 0 bridgehead atoms. The van der Waals surface area contributed by atoms with E-state index in [1.54, 1.807) is 6.92 Å². The number of aliphatic carboxylic acids is 1. The number of aliphatic hydroxyl groups is 1. The number of hydrogen-bond acceptors (Lipinski definition) is 2. The van der Waals surface area contributed by atoms with E-state index in [1.807, 2.05) is 20.8 Å². The Kier molecular flexibility index (Phi) is 3.71. The van der Waals surface area contributed by atoms with E-state index < -0.39 is 12.1 Å². The summed E-state index contributed by atoms with van der Waals surface area (Å²) >= 11 is 0. The van der Waals surface area contributed by atoms with Crippen molar-refractivity contribution in [1.29, 1.82) is 0 Å². The summed E-state index contributed by atoms with van der Waals surface area (Å²) in [6.07, 6.45) is -0.535. The molecule has 0 aromatic carbocycles. The zero-order chi connectivity index (χ0) is 9.94. The number of carboxylic acid groups (broad SMARTS) is 1. The molecule has 2 unspecified atom stereocenters. The Morgan fingerprint density at radius 3 is 2.08 bits per heavy atom. The molecule has 0 spiro atoms. The monoisotopic (exact) mass is 174 g/mol. The number of carbonyl (C=O) groups is 1. The molecule has 2 atom stereocenters. The summed E-state index contributed by atoms with van der Waals surface area (Å²) in [6.45, 7) is 7.45. The molecule has 0 saturated heterocycles. The average Bonchev–Trinajstić information content (AvgIpc) is 1.82. The van der Waals surface area contributed by atoms with Crippen LogP contribution in [-0.4, -0.2) is 22.3 Å². The molecule has 0 heterocycles. The standard InChI is InChI=1S/C9H18O3/c1-6(5-7(10)11)8(12)9(2,3)4/h6,8,12H,5H2,1-4H3,(H,10,11). The summed E-state index contributed by atoms with van der Waals surface area (Å²) in [5.74, 6) is -1.05. The van der Waals surface area contributed by atoms with E-state index >= 15 is 0 Å². The first-order valence-electron chi connectivity index (χ1n) is 4.15. The van der Waals surface area contributed by atoms with Crippen molar-refractivity contribution in [1.82, 2.24) is 0 Å². The van der Waals surface area contributed by atoms with Gasteiger partial charge < -0.3 is 10.2 Å². The van der Waals surface area contributed by atoms with Crippen molar-refractivity contribution < 1.29 is 15.0 Å². The van der Waals surface area contributed by atoms with Gasteiger partial charge in [-0.15, -0.1) is 0 Å². The molecule has 12 heavy (non-hydrogen) atoms.